The average Bonchev–Trinajstić information content (AvgIpc) is 2.64. The van der Waals surface area contributed by atoms with Gasteiger partial charge in [-0.05, 0) is 0 Å². The lowest BCUT2D eigenvalue weighted by Gasteiger charge is -2.12. The molecule has 1 heterocycles. The third-order valence-electron chi connectivity index (χ3n) is 1.67. The normalized spacial score (nSPS) is 14.9. The molecule has 0 saturated heterocycles. The zero-order chi connectivity index (χ0) is 10.4. The van der Waals surface area contributed by atoms with Crippen LogP contribution in [-0.2, 0) is 0 Å². The predicted molar refractivity (Wildman–Crippen MR) is 59.8 cm³/mol. The van der Waals surface area contributed by atoms with Gasteiger partial charge in [-0.1, -0.05) is 11.8 Å². The van der Waals surface area contributed by atoms with Crippen molar-refractivity contribution >= 4 is 23.0 Å². The molecule has 80 valence electrons. The molecule has 2 N–H and O–H groups in total. The molecule has 0 unspecified atom stereocenters. The summed E-state index contributed by atoms with van der Waals surface area (Å²) in [5.74, 6) is 1.06. The molecule has 0 bridgehead atoms. The van der Waals surface area contributed by atoms with Crippen molar-refractivity contribution in [1.82, 2.24) is 15.5 Å². The molecule has 5 nitrogen and oxygen atoms in total. The summed E-state index contributed by atoms with van der Waals surface area (Å²) in [5.41, 5.74) is 0. The van der Waals surface area contributed by atoms with Gasteiger partial charge in [0.05, 0.1) is 6.54 Å². The van der Waals surface area contributed by atoms with Gasteiger partial charge >= 0.3 is 6.03 Å². The Balaban J connectivity index is 2.01. The number of rotatable bonds is 3. The SMILES string of the molecule is CN(C)C(=O)NCCNC1=NCCS1. The number of urea groups is 1. The van der Waals surface area contributed by atoms with Crippen molar-refractivity contribution in [3.8, 4) is 0 Å². The Bertz CT molecular complexity index is 229. The summed E-state index contributed by atoms with van der Waals surface area (Å²) in [5, 5.41) is 6.91. The Morgan fingerprint density at radius 2 is 2.36 bits per heavy atom. The number of thioether (sulfide) groups is 1. The van der Waals surface area contributed by atoms with Crippen molar-refractivity contribution in [2.45, 2.75) is 0 Å². The number of amidine groups is 1. The third-order valence-corrected chi connectivity index (χ3v) is 2.60. The first-order chi connectivity index (χ1) is 6.70. The molecule has 0 atom stereocenters. The molecule has 6 heteroatoms. The lowest BCUT2D eigenvalue weighted by molar-refractivity contribution is 0.217. The van der Waals surface area contributed by atoms with Crippen molar-refractivity contribution in [2.24, 2.45) is 4.99 Å². The van der Waals surface area contributed by atoms with Crippen LogP contribution in [0.25, 0.3) is 0 Å². The molecule has 1 aliphatic rings. The van der Waals surface area contributed by atoms with E-state index in [1.54, 1.807) is 25.9 Å². The van der Waals surface area contributed by atoms with Crippen LogP contribution in [0, 0.1) is 0 Å². The minimum atomic E-state index is -0.0622. The molecular weight excluding hydrogens is 200 g/mol. The van der Waals surface area contributed by atoms with E-state index in [4.69, 9.17) is 0 Å². The number of hydrogen-bond donors (Lipinski definition) is 2. The molecule has 0 saturated carbocycles. The summed E-state index contributed by atoms with van der Waals surface area (Å²) in [6, 6.07) is -0.0622. The fraction of sp³-hybridized carbons (Fsp3) is 0.750. The maximum absolute atomic E-state index is 11.1. The van der Waals surface area contributed by atoms with E-state index < -0.39 is 0 Å². The van der Waals surface area contributed by atoms with Crippen molar-refractivity contribution < 1.29 is 4.79 Å². The standard InChI is InChI=1S/C8H16N4OS/c1-12(2)8(13)11-4-3-9-7-10-5-6-14-7/h3-6H2,1-2H3,(H,9,10)(H,11,13). The minimum Gasteiger partial charge on any atom is -0.363 e. The van der Waals surface area contributed by atoms with E-state index in [-0.39, 0.29) is 6.03 Å². The van der Waals surface area contributed by atoms with E-state index in [9.17, 15) is 4.79 Å². The van der Waals surface area contributed by atoms with Crippen LogP contribution in [0.5, 0.6) is 0 Å². The number of nitrogens with one attached hydrogen (secondary N) is 2. The molecule has 14 heavy (non-hydrogen) atoms. The fourth-order valence-corrected chi connectivity index (χ4v) is 1.70. The number of nitrogens with zero attached hydrogens (tertiary/aromatic N) is 2. The monoisotopic (exact) mass is 216 g/mol. The van der Waals surface area contributed by atoms with Gasteiger partial charge in [-0.2, -0.15) is 0 Å². The van der Waals surface area contributed by atoms with Crippen molar-refractivity contribution in [3.63, 3.8) is 0 Å². The number of hydrogen-bond acceptors (Lipinski definition) is 4. The maximum Gasteiger partial charge on any atom is 0.316 e. The topological polar surface area (TPSA) is 56.7 Å². The zero-order valence-electron chi connectivity index (χ0n) is 8.54. The van der Waals surface area contributed by atoms with E-state index >= 15 is 0 Å². The first-order valence-electron chi connectivity index (χ1n) is 4.56. The van der Waals surface area contributed by atoms with Crippen LogP contribution in [0.4, 0.5) is 4.79 Å². The lowest BCUT2D eigenvalue weighted by Crippen LogP contribution is -2.39. The number of aliphatic imine (C=N–C) groups is 1. The molecule has 1 rings (SSSR count). The molecular formula is C8H16N4OS. The van der Waals surface area contributed by atoms with Gasteiger partial charge in [0, 0.05) is 32.9 Å². The van der Waals surface area contributed by atoms with Crippen LogP contribution < -0.4 is 10.6 Å². The molecule has 0 spiro atoms. The van der Waals surface area contributed by atoms with E-state index in [0.29, 0.717) is 6.54 Å². The molecule has 0 radical (unpaired) electrons. The Hall–Kier alpha value is -0.910. The highest BCUT2D eigenvalue weighted by Gasteiger charge is 2.05. The van der Waals surface area contributed by atoms with Gasteiger partial charge in [0.1, 0.15) is 0 Å². The smallest absolute Gasteiger partial charge is 0.316 e. The van der Waals surface area contributed by atoms with Crippen LogP contribution in [-0.4, -0.2) is 55.6 Å². The van der Waals surface area contributed by atoms with Crippen LogP contribution >= 0.6 is 11.8 Å². The Labute approximate surface area is 88.3 Å². The van der Waals surface area contributed by atoms with Crippen LogP contribution in [0.2, 0.25) is 0 Å². The third kappa shape index (κ3) is 3.87. The van der Waals surface area contributed by atoms with Crippen LogP contribution in [0.3, 0.4) is 0 Å². The molecule has 0 aromatic rings. The summed E-state index contributed by atoms with van der Waals surface area (Å²) >= 11 is 1.72. The quantitative estimate of drug-likeness (QED) is 0.650. The second-order valence-corrected chi connectivity index (χ2v) is 4.17. The highest BCUT2D eigenvalue weighted by Crippen LogP contribution is 2.07. The van der Waals surface area contributed by atoms with E-state index in [0.717, 1.165) is 24.0 Å². The molecule has 0 aromatic carbocycles. The molecule has 2 amide bonds. The van der Waals surface area contributed by atoms with Crippen molar-refractivity contribution in [2.75, 3.05) is 39.5 Å². The number of carbonyl (C=O) groups excluding carboxylic acids is 1. The van der Waals surface area contributed by atoms with Gasteiger partial charge in [-0.15, -0.1) is 0 Å². The first-order valence-corrected chi connectivity index (χ1v) is 5.55. The highest BCUT2D eigenvalue weighted by atomic mass is 32.2. The van der Waals surface area contributed by atoms with Gasteiger partial charge in [0.2, 0.25) is 0 Å². The van der Waals surface area contributed by atoms with Gasteiger partial charge in [0.15, 0.2) is 5.17 Å². The minimum absolute atomic E-state index is 0.0622. The van der Waals surface area contributed by atoms with Crippen LogP contribution in [0.1, 0.15) is 0 Å². The maximum atomic E-state index is 11.1. The largest absolute Gasteiger partial charge is 0.363 e. The molecule has 1 aliphatic heterocycles. The first kappa shape index (κ1) is 11.2. The van der Waals surface area contributed by atoms with E-state index in [1.165, 1.54) is 4.90 Å². The second kappa shape index (κ2) is 5.74. The zero-order valence-corrected chi connectivity index (χ0v) is 9.36. The Morgan fingerprint density at radius 3 is 2.93 bits per heavy atom. The summed E-state index contributed by atoms with van der Waals surface area (Å²) in [7, 11) is 3.44. The van der Waals surface area contributed by atoms with E-state index in [2.05, 4.69) is 15.6 Å². The second-order valence-electron chi connectivity index (χ2n) is 3.09. The van der Waals surface area contributed by atoms with Gasteiger partial charge in [0.25, 0.3) is 0 Å². The fourth-order valence-electron chi connectivity index (χ4n) is 0.939. The number of carbonyl (C=O) groups is 1. The van der Waals surface area contributed by atoms with Crippen molar-refractivity contribution in [1.29, 1.82) is 0 Å². The van der Waals surface area contributed by atoms with E-state index in [1.807, 2.05) is 0 Å². The van der Waals surface area contributed by atoms with Gasteiger partial charge < -0.3 is 15.5 Å². The Morgan fingerprint density at radius 1 is 1.57 bits per heavy atom. The molecule has 0 aliphatic carbocycles. The average molecular weight is 216 g/mol. The molecule has 0 fully saturated rings. The lowest BCUT2D eigenvalue weighted by atomic mass is 10.6. The highest BCUT2D eigenvalue weighted by molar-refractivity contribution is 8.14. The predicted octanol–water partition coefficient (Wildman–Crippen LogP) is -0.0500. The molecule has 0 aromatic heterocycles. The number of amides is 2. The summed E-state index contributed by atoms with van der Waals surface area (Å²) in [6.07, 6.45) is 0. The summed E-state index contributed by atoms with van der Waals surface area (Å²) in [4.78, 5) is 16.8. The summed E-state index contributed by atoms with van der Waals surface area (Å²) in [6.45, 7) is 2.25. The van der Waals surface area contributed by atoms with Gasteiger partial charge in [-0.25, -0.2) is 4.79 Å². The Kier molecular flexibility index (Phi) is 4.58. The van der Waals surface area contributed by atoms with Crippen molar-refractivity contribution in [3.05, 3.63) is 0 Å². The van der Waals surface area contributed by atoms with Gasteiger partial charge in [-0.3, -0.25) is 4.99 Å². The summed E-state index contributed by atoms with van der Waals surface area (Å²) < 4.78 is 0. The van der Waals surface area contributed by atoms with Crippen LogP contribution in [0.15, 0.2) is 4.99 Å².